The van der Waals surface area contributed by atoms with Crippen LogP contribution in [0.3, 0.4) is 0 Å². The zero-order chi connectivity index (χ0) is 34.4. The van der Waals surface area contributed by atoms with Crippen LogP contribution in [0.15, 0.2) is 206 Å². The quantitative estimate of drug-likeness (QED) is 0.172. The van der Waals surface area contributed by atoms with Gasteiger partial charge < -0.3 is 9.47 Å². The van der Waals surface area contributed by atoms with Crippen LogP contribution in [-0.2, 0) is 0 Å². The normalized spacial score (nSPS) is 11.5. The second-order valence-corrected chi connectivity index (χ2v) is 13.4. The molecule has 9 aromatic carbocycles. The number of hydrogen-bond acceptors (Lipinski definition) is 1. The van der Waals surface area contributed by atoms with Crippen LogP contribution >= 0.6 is 0 Å². The summed E-state index contributed by atoms with van der Waals surface area (Å²) in [6.45, 7) is 0. The van der Waals surface area contributed by atoms with Crippen molar-refractivity contribution in [2.75, 3.05) is 4.90 Å². The Morgan fingerprint density at radius 1 is 0.327 bits per heavy atom. The van der Waals surface area contributed by atoms with E-state index in [1.807, 2.05) is 0 Å². The minimum atomic E-state index is 1.10. The first-order chi connectivity index (χ1) is 25.8. The maximum atomic E-state index is 2.46. The van der Waals surface area contributed by atoms with Gasteiger partial charge in [-0.15, -0.1) is 0 Å². The second-order valence-electron chi connectivity index (χ2n) is 13.4. The summed E-state index contributed by atoms with van der Waals surface area (Å²) in [6, 6.07) is 74.8. The standard InChI is InChI=1S/C50H34N2/c1-3-13-35(14-4-1)38-23-28-42(29-24-38)51(43-30-25-39(26-31-43)36-15-5-2-6-16-36)50-45-20-10-9-19-41(45)34-48-49(50)46-21-11-12-22-47(46)52(48)44-32-27-37-17-7-8-18-40(37)33-44/h1-34H. The summed E-state index contributed by atoms with van der Waals surface area (Å²) in [5.74, 6) is 0. The van der Waals surface area contributed by atoms with E-state index in [9.17, 15) is 0 Å². The molecule has 0 aliphatic carbocycles. The number of anilines is 3. The number of benzene rings is 9. The van der Waals surface area contributed by atoms with Crippen LogP contribution in [-0.4, -0.2) is 4.57 Å². The van der Waals surface area contributed by atoms with Gasteiger partial charge in [0, 0.05) is 33.2 Å². The Hall–Kier alpha value is -6.90. The number of aromatic nitrogens is 1. The van der Waals surface area contributed by atoms with Gasteiger partial charge in [0.15, 0.2) is 0 Å². The Balaban J connectivity index is 1.27. The maximum absolute atomic E-state index is 2.46. The van der Waals surface area contributed by atoms with E-state index in [1.165, 1.54) is 71.3 Å². The van der Waals surface area contributed by atoms with Crippen LogP contribution in [0.2, 0.25) is 0 Å². The van der Waals surface area contributed by atoms with Crippen LogP contribution in [0.25, 0.3) is 71.3 Å². The fourth-order valence-electron chi connectivity index (χ4n) is 7.87. The highest BCUT2D eigenvalue weighted by molar-refractivity contribution is 6.24. The smallest absolute Gasteiger partial charge is 0.0640 e. The molecule has 10 rings (SSSR count). The molecule has 0 amide bonds. The summed E-state index contributed by atoms with van der Waals surface area (Å²) in [5.41, 5.74) is 11.7. The molecule has 0 aliphatic heterocycles. The molecule has 0 fully saturated rings. The van der Waals surface area contributed by atoms with E-state index < -0.39 is 0 Å². The molecule has 0 radical (unpaired) electrons. The van der Waals surface area contributed by atoms with Gasteiger partial charge in [-0.25, -0.2) is 0 Å². The summed E-state index contributed by atoms with van der Waals surface area (Å²) < 4.78 is 2.45. The van der Waals surface area contributed by atoms with Gasteiger partial charge >= 0.3 is 0 Å². The van der Waals surface area contributed by atoms with Crippen molar-refractivity contribution in [2.45, 2.75) is 0 Å². The average Bonchev–Trinajstić information content (AvgIpc) is 3.55. The lowest BCUT2D eigenvalue weighted by molar-refractivity contribution is 1.19. The minimum absolute atomic E-state index is 1.10. The van der Waals surface area contributed by atoms with Crippen LogP contribution in [0.4, 0.5) is 17.1 Å². The molecule has 0 N–H and O–H groups in total. The molecular formula is C50H34N2. The van der Waals surface area contributed by atoms with E-state index in [0.717, 1.165) is 17.1 Å². The van der Waals surface area contributed by atoms with E-state index in [1.54, 1.807) is 0 Å². The lowest BCUT2D eigenvalue weighted by Gasteiger charge is -2.28. The predicted octanol–water partition coefficient (Wildman–Crippen LogP) is 13.9. The highest BCUT2D eigenvalue weighted by Crippen LogP contribution is 2.48. The van der Waals surface area contributed by atoms with Crippen molar-refractivity contribution < 1.29 is 0 Å². The third-order valence-corrected chi connectivity index (χ3v) is 10.3. The maximum Gasteiger partial charge on any atom is 0.0640 e. The number of nitrogens with zero attached hydrogens (tertiary/aromatic N) is 2. The second kappa shape index (κ2) is 12.5. The first-order valence-corrected chi connectivity index (χ1v) is 17.9. The Bertz CT molecular complexity index is 2790. The van der Waals surface area contributed by atoms with Crippen molar-refractivity contribution in [3.8, 4) is 27.9 Å². The third-order valence-electron chi connectivity index (χ3n) is 10.3. The summed E-state index contributed by atoms with van der Waals surface area (Å²) in [5, 5.41) is 7.31. The first-order valence-electron chi connectivity index (χ1n) is 17.9. The molecule has 1 aromatic heterocycles. The summed E-state index contributed by atoms with van der Waals surface area (Å²) in [6.07, 6.45) is 0. The van der Waals surface area contributed by atoms with Crippen molar-refractivity contribution in [2.24, 2.45) is 0 Å². The largest absolute Gasteiger partial charge is 0.309 e. The lowest BCUT2D eigenvalue weighted by atomic mass is 9.99. The lowest BCUT2D eigenvalue weighted by Crippen LogP contribution is -2.11. The number of rotatable bonds is 6. The van der Waals surface area contributed by atoms with Gasteiger partial charge in [-0.05, 0) is 86.9 Å². The van der Waals surface area contributed by atoms with Crippen molar-refractivity contribution in [1.29, 1.82) is 0 Å². The van der Waals surface area contributed by atoms with E-state index in [2.05, 4.69) is 216 Å². The highest BCUT2D eigenvalue weighted by atomic mass is 15.1. The van der Waals surface area contributed by atoms with Gasteiger partial charge in [-0.1, -0.05) is 158 Å². The minimum Gasteiger partial charge on any atom is -0.309 e. The van der Waals surface area contributed by atoms with Crippen molar-refractivity contribution in [3.63, 3.8) is 0 Å². The van der Waals surface area contributed by atoms with Crippen molar-refractivity contribution in [1.82, 2.24) is 4.57 Å². The van der Waals surface area contributed by atoms with E-state index in [-0.39, 0.29) is 0 Å². The molecule has 1 heterocycles. The van der Waals surface area contributed by atoms with E-state index in [0.29, 0.717) is 0 Å². The molecule has 2 heteroatoms. The van der Waals surface area contributed by atoms with Crippen molar-refractivity contribution >= 4 is 60.4 Å². The fraction of sp³-hybridized carbons (Fsp3) is 0. The molecule has 0 unspecified atom stereocenters. The van der Waals surface area contributed by atoms with Gasteiger partial charge in [0.2, 0.25) is 0 Å². The Morgan fingerprint density at radius 3 is 1.46 bits per heavy atom. The summed E-state index contributed by atoms with van der Waals surface area (Å²) >= 11 is 0. The fourth-order valence-corrected chi connectivity index (χ4v) is 7.87. The molecule has 244 valence electrons. The Morgan fingerprint density at radius 2 is 0.827 bits per heavy atom. The van der Waals surface area contributed by atoms with Gasteiger partial charge in [-0.3, -0.25) is 0 Å². The molecule has 0 saturated carbocycles. The molecule has 0 aliphatic rings. The highest BCUT2D eigenvalue weighted by Gasteiger charge is 2.24. The molecule has 0 atom stereocenters. The summed E-state index contributed by atoms with van der Waals surface area (Å²) in [7, 11) is 0. The molecule has 2 nitrogen and oxygen atoms in total. The molecule has 10 aromatic rings. The van der Waals surface area contributed by atoms with Crippen LogP contribution < -0.4 is 4.90 Å². The van der Waals surface area contributed by atoms with E-state index in [4.69, 9.17) is 0 Å². The molecule has 0 bridgehead atoms. The first kappa shape index (κ1) is 30.0. The number of hydrogen-bond donors (Lipinski definition) is 0. The molecule has 0 spiro atoms. The molecule has 0 saturated heterocycles. The van der Waals surface area contributed by atoms with E-state index >= 15 is 0 Å². The van der Waals surface area contributed by atoms with Gasteiger partial charge in [-0.2, -0.15) is 0 Å². The Labute approximate surface area is 303 Å². The van der Waals surface area contributed by atoms with Gasteiger partial charge in [0.05, 0.1) is 16.7 Å². The monoisotopic (exact) mass is 662 g/mol. The number of fused-ring (bicyclic) bond motifs is 5. The van der Waals surface area contributed by atoms with Crippen LogP contribution in [0.5, 0.6) is 0 Å². The predicted molar refractivity (Wildman–Crippen MR) is 221 cm³/mol. The van der Waals surface area contributed by atoms with Crippen LogP contribution in [0.1, 0.15) is 0 Å². The Kier molecular flexibility index (Phi) is 7.18. The zero-order valence-corrected chi connectivity index (χ0v) is 28.5. The third kappa shape index (κ3) is 5.04. The molecule has 52 heavy (non-hydrogen) atoms. The van der Waals surface area contributed by atoms with Crippen molar-refractivity contribution in [3.05, 3.63) is 206 Å². The average molecular weight is 663 g/mol. The van der Waals surface area contributed by atoms with Gasteiger partial charge in [0.1, 0.15) is 0 Å². The summed E-state index contributed by atoms with van der Waals surface area (Å²) in [4.78, 5) is 2.46. The zero-order valence-electron chi connectivity index (χ0n) is 28.5. The molecular weight excluding hydrogens is 629 g/mol. The topological polar surface area (TPSA) is 8.17 Å². The SMILES string of the molecule is c1ccc(-c2ccc(N(c3ccc(-c4ccccc4)cc3)c3c4ccccc4cc4c3c3ccccc3n4-c3ccc4ccccc4c3)cc2)cc1. The van der Waals surface area contributed by atoms with Gasteiger partial charge in [0.25, 0.3) is 0 Å². The number of para-hydroxylation sites is 1. The van der Waals surface area contributed by atoms with Crippen LogP contribution in [0, 0.1) is 0 Å².